The molecule has 1 atom stereocenters. The maximum Gasteiger partial charge on any atom is 0.168 e. The van der Waals surface area contributed by atoms with Gasteiger partial charge in [-0.25, -0.2) is 4.98 Å². The topological polar surface area (TPSA) is 43.4 Å². The predicted molar refractivity (Wildman–Crippen MR) is 85.9 cm³/mol. The molecule has 0 amide bonds. The van der Waals surface area contributed by atoms with Crippen molar-refractivity contribution in [2.24, 2.45) is 0 Å². The van der Waals surface area contributed by atoms with Gasteiger partial charge >= 0.3 is 0 Å². The lowest BCUT2D eigenvalue weighted by Gasteiger charge is -2.40. The third-order valence-corrected chi connectivity index (χ3v) is 4.35. The molecule has 0 aromatic carbocycles. The minimum atomic E-state index is 0.0230. The van der Waals surface area contributed by atoms with Crippen molar-refractivity contribution in [2.75, 3.05) is 18.5 Å². The highest BCUT2D eigenvalue weighted by atomic mass is 16.5. The standard InChI is InChI=1S/C17H28N2O2/c1-4-11-20-15-8-7-10-18-16(15)19-14-9-12-21-17(5-2,6-3)13-14/h7-8,10,14H,4-6,9,11-13H2,1-3H3,(H,18,19). The Balaban J connectivity index is 2.04. The van der Waals surface area contributed by atoms with Gasteiger partial charge in [0, 0.05) is 18.8 Å². The van der Waals surface area contributed by atoms with Gasteiger partial charge in [-0.3, -0.25) is 0 Å². The second kappa shape index (κ2) is 7.64. The summed E-state index contributed by atoms with van der Waals surface area (Å²) in [5.74, 6) is 1.71. The Morgan fingerprint density at radius 1 is 1.38 bits per heavy atom. The van der Waals surface area contributed by atoms with Crippen LogP contribution in [0.3, 0.4) is 0 Å². The SMILES string of the molecule is CCCOc1cccnc1NC1CCOC(CC)(CC)C1. The molecule has 1 aliphatic heterocycles. The molecular formula is C17H28N2O2. The van der Waals surface area contributed by atoms with Crippen molar-refractivity contribution in [3.63, 3.8) is 0 Å². The van der Waals surface area contributed by atoms with E-state index in [0.29, 0.717) is 6.04 Å². The molecule has 0 aliphatic carbocycles. The molecule has 0 saturated carbocycles. The van der Waals surface area contributed by atoms with Crippen LogP contribution in [0.2, 0.25) is 0 Å². The van der Waals surface area contributed by atoms with Crippen molar-refractivity contribution < 1.29 is 9.47 Å². The van der Waals surface area contributed by atoms with Crippen LogP contribution >= 0.6 is 0 Å². The third-order valence-electron chi connectivity index (χ3n) is 4.35. The lowest BCUT2D eigenvalue weighted by atomic mass is 9.86. The van der Waals surface area contributed by atoms with Crippen molar-refractivity contribution in [1.29, 1.82) is 0 Å². The van der Waals surface area contributed by atoms with Gasteiger partial charge in [0.25, 0.3) is 0 Å². The van der Waals surface area contributed by atoms with E-state index in [9.17, 15) is 0 Å². The summed E-state index contributed by atoms with van der Waals surface area (Å²) in [5.41, 5.74) is 0.0230. The fraction of sp³-hybridized carbons (Fsp3) is 0.706. The average Bonchev–Trinajstić information content (AvgIpc) is 2.54. The van der Waals surface area contributed by atoms with E-state index in [2.05, 4.69) is 31.1 Å². The molecule has 1 saturated heterocycles. The van der Waals surface area contributed by atoms with Crippen molar-refractivity contribution in [3.8, 4) is 5.75 Å². The highest BCUT2D eigenvalue weighted by Crippen LogP contribution is 2.33. The number of rotatable bonds is 7. The Morgan fingerprint density at radius 3 is 2.90 bits per heavy atom. The van der Waals surface area contributed by atoms with Crippen molar-refractivity contribution in [1.82, 2.24) is 4.98 Å². The van der Waals surface area contributed by atoms with Crippen LogP contribution in [-0.4, -0.2) is 29.8 Å². The average molecular weight is 292 g/mol. The first-order valence-electron chi connectivity index (χ1n) is 8.21. The molecule has 1 aliphatic rings. The monoisotopic (exact) mass is 292 g/mol. The zero-order chi connectivity index (χ0) is 15.1. The van der Waals surface area contributed by atoms with Crippen LogP contribution in [-0.2, 0) is 4.74 Å². The number of anilines is 1. The number of pyridine rings is 1. The molecule has 118 valence electrons. The molecule has 4 heteroatoms. The van der Waals surface area contributed by atoms with E-state index in [4.69, 9.17) is 9.47 Å². The van der Waals surface area contributed by atoms with E-state index in [1.807, 2.05) is 18.3 Å². The zero-order valence-electron chi connectivity index (χ0n) is 13.5. The summed E-state index contributed by atoms with van der Waals surface area (Å²) in [6, 6.07) is 4.30. The Morgan fingerprint density at radius 2 is 2.19 bits per heavy atom. The first kappa shape index (κ1) is 16.1. The Kier molecular flexibility index (Phi) is 5.85. The molecule has 1 aromatic heterocycles. The third kappa shape index (κ3) is 4.10. The minimum absolute atomic E-state index is 0.0230. The van der Waals surface area contributed by atoms with Crippen molar-refractivity contribution in [2.45, 2.75) is 64.5 Å². The molecule has 0 bridgehead atoms. The highest BCUT2D eigenvalue weighted by Gasteiger charge is 2.34. The zero-order valence-corrected chi connectivity index (χ0v) is 13.5. The number of nitrogens with one attached hydrogen (secondary N) is 1. The first-order chi connectivity index (χ1) is 10.2. The van der Waals surface area contributed by atoms with Gasteiger partial charge in [0.2, 0.25) is 0 Å². The summed E-state index contributed by atoms with van der Waals surface area (Å²) < 4.78 is 11.8. The molecule has 4 nitrogen and oxygen atoms in total. The number of hydrogen-bond acceptors (Lipinski definition) is 4. The smallest absolute Gasteiger partial charge is 0.168 e. The fourth-order valence-electron chi connectivity index (χ4n) is 2.91. The minimum Gasteiger partial charge on any atom is -0.490 e. The first-order valence-corrected chi connectivity index (χ1v) is 8.21. The summed E-state index contributed by atoms with van der Waals surface area (Å²) in [6.45, 7) is 8.07. The Bertz CT molecular complexity index is 433. The molecule has 1 fully saturated rings. The molecule has 1 unspecified atom stereocenters. The van der Waals surface area contributed by atoms with Gasteiger partial charge in [-0.2, -0.15) is 0 Å². The number of nitrogens with zero attached hydrogens (tertiary/aromatic N) is 1. The van der Waals surface area contributed by atoms with Gasteiger partial charge in [0.05, 0.1) is 12.2 Å². The molecule has 21 heavy (non-hydrogen) atoms. The van der Waals surface area contributed by atoms with Gasteiger partial charge in [-0.05, 0) is 44.2 Å². The maximum absolute atomic E-state index is 6.04. The van der Waals surface area contributed by atoms with E-state index in [1.54, 1.807) is 0 Å². The summed E-state index contributed by atoms with van der Waals surface area (Å²) in [4.78, 5) is 4.45. The van der Waals surface area contributed by atoms with Gasteiger partial charge < -0.3 is 14.8 Å². The van der Waals surface area contributed by atoms with Gasteiger partial charge in [0.15, 0.2) is 11.6 Å². The van der Waals surface area contributed by atoms with Crippen LogP contribution in [0.5, 0.6) is 5.75 Å². The van der Waals surface area contributed by atoms with Gasteiger partial charge in [-0.15, -0.1) is 0 Å². The summed E-state index contributed by atoms with van der Waals surface area (Å²) in [5, 5.41) is 3.57. The largest absolute Gasteiger partial charge is 0.490 e. The van der Waals surface area contributed by atoms with Crippen molar-refractivity contribution >= 4 is 5.82 Å². The molecule has 1 N–H and O–H groups in total. The molecule has 1 aromatic rings. The summed E-state index contributed by atoms with van der Waals surface area (Å²) in [7, 11) is 0. The Hall–Kier alpha value is -1.29. The molecule has 0 radical (unpaired) electrons. The van der Waals surface area contributed by atoms with E-state index in [1.165, 1.54) is 0 Å². The maximum atomic E-state index is 6.04. The number of aromatic nitrogens is 1. The van der Waals surface area contributed by atoms with E-state index in [0.717, 1.165) is 56.9 Å². The van der Waals surface area contributed by atoms with Crippen molar-refractivity contribution in [3.05, 3.63) is 18.3 Å². The second-order valence-corrected chi connectivity index (χ2v) is 5.77. The van der Waals surface area contributed by atoms with Crippen LogP contribution in [0, 0.1) is 0 Å². The quantitative estimate of drug-likeness (QED) is 0.824. The van der Waals surface area contributed by atoms with Crippen LogP contribution in [0.15, 0.2) is 18.3 Å². The van der Waals surface area contributed by atoms with Crippen LogP contribution < -0.4 is 10.1 Å². The molecule has 2 heterocycles. The lowest BCUT2D eigenvalue weighted by molar-refractivity contribution is -0.0865. The predicted octanol–water partition coefficient (Wildman–Crippen LogP) is 4.02. The number of ether oxygens (including phenoxy) is 2. The van der Waals surface area contributed by atoms with Crippen LogP contribution in [0.25, 0.3) is 0 Å². The van der Waals surface area contributed by atoms with Gasteiger partial charge in [-0.1, -0.05) is 20.8 Å². The van der Waals surface area contributed by atoms with E-state index < -0.39 is 0 Å². The fourth-order valence-corrected chi connectivity index (χ4v) is 2.91. The van der Waals surface area contributed by atoms with Gasteiger partial charge in [0.1, 0.15) is 0 Å². The van der Waals surface area contributed by atoms with E-state index >= 15 is 0 Å². The van der Waals surface area contributed by atoms with Crippen LogP contribution in [0.1, 0.15) is 52.9 Å². The Labute approximate surface area is 128 Å². The van der Waals surface area contributed by atoms with E-state index in [-0.39, 0.29) is 5.60 Å². The summed E-state index contributed by atoms with van der Waals surface area (Å²) in [6.07, 6.45) is 6.98. The van der Waals surface area contributed by atoms with Crippen LogP contribution in [0.4, 0.5) is 5.82 Å². The highest BCUT2D eigenvalue weighted by molar-refractivity contribution is 5.50. The second-order valence-electron chi connectivity index (χ2n) is 5.77. The molecule has 0 spiro atoms. The summed E-state index contributed by atoms with van der Waals surface area (Å²) >= 11 is 0. The lowest BCUT2D eigenvalue weighted by Crippen LogP contribution is -2.43. The number of hydrogen-bond donors (Lipinski definition) is 1. The molecular weight excluding hydrogens is 264 g/mol. The normalized spacial score (nSPS) is 21.0. The molecule has 2 rings (SSSR count).